The second kappa shape index (κ2) is 8.23. The second-order valence-corrected chi connectivity index (χ2v) is 7.41. The van der Waals surface area contributed by atoms with E-state index in [0.29, 0.717) is 6.54 Å². The number of fused-ring (bicyclic) bond motifs is 1. The Morgan fingerprint density at radius 1 is 0.966 bits per heavy atom. The molecule has 146 valence electrons. The van der Waals surface area contributed by atoms with E-state index < -0.39 is 0 Å². The van der Waals surface area contributed by atoms with Gasteiger partial charge in [-0.25, -0.2) is 4.79 Å². The van der Waals surface area contributed by atoms with Crippen LogP contribution in [0.25, 0.3) is 10.9 Å². The van der Waals surface area contributed by atoms with Gasteiger partial charge < -0.3 is 15.6 Å². The van der Waals surface area contributed by atoms with Crippen LogP contribution in [-0.4, -0.2) is 17.6 Å². The minimum absolute atomic E-state index is 0.0530. The smallest absolute Gasteiger partial charge is 0.319 e. The van der Waals surface area contributed by atoms with Crippen molar-refractivity contribution in [1.82, 2.24) is 10.3 Å². The topological polar surface area (TPSA) is 56.9 Å². The van der Waals surface area contributed by atoms with Gasteiger partial charge in [0.2, 0.25) is 0 Å². The average molecular weight is 383 g/mol. The number of aromatic amines is 1. The number of carbonyl (C=O) groups excluding carboxylic acids is 1. The number of rotatable bonds is 5. The van der Waals surface area contributed by atoms with Gasteiger partial charge in [0, 0.05) is 35.2 Å². The van der Waals surface area contributed by atoms with Gasteiger partial charge in [-0.3, -0.25) is 0 Å². The Hall–Kier alpha value is -3.53. The fraction of sp³-hybridized carbons (Fsp3) is 0.160. The standard InChI is InChI=1S/C25H25N3O/c1-17-12-13-23(18(2)14-17)28-25(29)27-15-21(19-8-4-3-5-9-19)22-16-26-24-11-7-6-10-20(22)24/h3-14,16,21,26H,15H2,1-2H3,(H2,27,28,29)/t21-/m0/s1. The van der Waals surface area contributed by atoms with Gasteiger partial charge in [-0.05, 0) is 42.7 Å². The zero-order valence-corrected chi connectivity index (χ0v) is 16.7. The summed E-state index contributed by atoms with van der Waals surface area (Å²) in [5.41, 5.74) is 6.51. The molecule has 0 fully saturated rings. The molecule has 4 nitrogen and oxygen atoms in total. The van der Waals surface area contributed by atoms with Gasteiger partial charge in [0.05, 0.1) is 0 Å². The molecule has 0 aliphatic heterocycles. The number of hydrogen-bond acceptors (Lipinski definition) is 1. The molecule has 0 radical (unpaired) electrons. The number of anilines is 1. The molecular formula is C25H25N3O. The van der Waals surface area contributed by atoms with Gasteiger partial charge in [-0.1, -0.05) is 66.2 Å². The molecule has 0 saturated heterocycles. The van der Waals surface area contributed by atoms with E-state index in [1.807, 2.05) is 62.5 Å². The van der Waals surface area contributed by atoms with E-state index in [1.165, 1.54) is 22.1 Å². The van der Waals surface area contributed by atoms with E-state index in [0.717, 1.165) is 16.8 Å². The van der Waals surface area contributed by atoms with Gasteiger partial charge in [0.15, 0.2) is 0 Å². The molecule has 0 unspecified atom stereocenters. The van der Waals surface area contributed by atoms with Crippen molar-refractivity contribution in [2.45, 2.75) is 19.8 Å². The second-order valence-electron chi connectivity index (χ2n) is 7.41. The van der Waals surface area contributed by atoms with Crippen LogP contribution in [0.15, 0.2) is 79.0 Å². The number of benzene rings is 3. The summed E-state index contributed by atoms with van der Waals surface area (Å²) in [6.07, 6.45) is 2.05. The molecule has 29 heavy (non-hydrogen) atoms. The van der Waals surface area contributed by atoms with Crippen molar-refractivity contribution in [1.29, 1.82) is 0 Å². The largest absolute Gasteiger partial charge is 0.361 e. The zero-order valence-electron chi connectivity index (χ0n) is 16.7. The summed E-state index contributed by atoms with van der Waals surface area (Å²) < 4.78 is 0. The molecule has 4 aromatic rings. The van der Waals surface area contributed by atoms with Crippen molar-refractivity contribution >= 4 is 22.6 Å². The summed E-state index contributed by atoms with van der Waals surface area (Å²) in [6, 6.07) is 24.4. The van der Waals surface area contributed by atoms with Crippen LogP contribution in [0.4, 0.5) is 10.5 Å². The van der Waals surface area contributed by atoms with Crippen LogP contribution in [-0.2, 0) is 0 Å². The first-order chi connectivity index (χ1) is 14.1. The summed E-state index contributed by atoms with van der Waals surface area (Å²) in [7, 11) is 0. The molecule has 4 heteroatoms. The quantitative estimate of drug-likeness (QED) is 0.404. The lowest BCUT2D eigenvalue weighted by molar-refractivity contribution is 0.252. The van der Waals surface area contributed by atoms with Crippen molar-refractivity contribution in [2.75, 3.05) is 11.9 Å². The summed E-state index contributed by atoms with van der Waals surface area (Å²) in [5, 5.41) is 7.21. The third kappa shape index (κ3) is 4.16. The lowest BCUT2D eigenvalue weighted by Crippen LogP contribution is -2.33. The van der Waals surface area contributed by atoms with E-state index >= 15 is 0 Å². The maximum absolute atomic E-state index is 12.6. The Kier molecular flexibility index (Phi) is 5.34. The SMILES string of the molecule is Cc1ccc(NC(=O)NC[C@@H](c2ccccc2)c2c[nH]c3ccccc23)c(C)c1. The van der Waals surface area contributed by atoms with Crippen molar-refractivity contribution in [3.63, 3.8) is 0 Å². The number of aryl methyl sites for hydroxylation is 2. The molecule has 0 aliphatic carbocycles. The predicted octanol–water partition coefficient (Wildman–Crippen LogP) is 5.74. The van der Waals surface area contributed by atoms with Gasteiger partial charge in [-0.2, -0.15) is 0 Å². The normalized spacial score (nSPS) is 11.9. The highest BCUT2D eigenvalue weighted by Gasteiger charge is 2.19. The van der Waals surface area contributed by atoms with Crippen LogP contribution >= 0.6 is 0 Å². The Morgan fingerprint density at radius 3 is 2.52 bits per heavy atom. The molecule has 0 spiro atoms. The minimum Gasteiger partial charge on any atom is -0.361 e. The molecular weight excluding hydrogens is 358 g/mol. The van der Waals surface area contributed by atoms with E-state index in [-0.39, 0.29) is 11.9 Å². The highest BCUT2D eigenvalue weighted by Crippen LogP contribution is 2.30. The van der Waals surface area contributed by atoms with E-state index in [1.54, 1.807) is 0 Å². The first-order valence-corrected chi connectivity index (χ1v) is 9.85. The van der Waals surface area contributed by atoms with Crippen LogP contribution in [0.1, 0.15) is 28.2 Å². The van der Waals surface area contributed by atoms with Crippen LogP contribution in [0.3, 0.4) is 0 Å². The van der Waals surface area contributed by atoms with Crippen LogP contribution in [0.5, 0.6) is 0 Å². The molecule has 3 aromatic carbocycles. The van der Waals surface area contributed by atoms with Gasteiger partial charge >= 0.3 is 6.03 Å². The first-order valence-electron chi connectivity index (χ1n) is 9.85. The highest BCUT2D eigenvalue weighted by molar-refractivity contribution is 5.90. The van der Waals surface area contributed by atoms with Gasteiger partial charge in [0.1, 0.15) is 0 Å². The predicted molar refractivity (Wildman–Crippen MR) is 120 cm³/mol. The van der Waals surface area contributed by atoms with Crippen LogP contribution in [0.2, 0.25) is 0 Å². The van der Waals surface area contributed by atoms with E-state index in [9.17, 15) is 4.79 Å². The minimum atomic E-state index is -0.197. The number of H-pyrrole nitrogens is 1. The van der Waals surface area contributed by atoms with Crippen LogP contribution < -0.4 is 10.6 Å². The lowest BCUT2D eigenvalue weighted by atomic mass is 9.91. The van der Waals surface area contributed by atoms with Gasteiger partial charge in [-0.15, -0.1) is 0 Å². The Morgan fingerprint density at radius 2 is 1.72 bits per heavy atom. The third-order valence-corrected chi connectivity index (χ3v) is 5.30. The molecule has 1 heterocycles. The molecule has 0 saturated carbocycles. The Labute approximate surface area is 171 Å². The number of para-hydroxylation sites is 1. The molecule has 4 rings (SSSR count). The summed E-state index contributed by atoms with van der Waals surface area (Å²) in [6.45, 7) is 4.55. The lowest BCUT2D eigenvalue weighted by Gasteiger charge is -2.19. The number of urea groups is 1. The average Bonchev–Trinajstić information content (AvgIpc) is 3.15. The van der Waals surface area contributed by atoms with E-state index in [2.05, 4.69) is 45.9 Å². The van der Waals surface area contributed by atoms with Crippen molar-refractivity contribution in [3.05, 3.63) is 101 Å². The molecule has 1 atom stereocenters. The van der Waals surface area contributed by atoms with E-state index in [4.69, 9.17) is 0 Å². The van der Waals surface area contributed by atoms with Crippen LogP contribution in [0, 0.1) is 13.8 Å². The molecule has 3 N–H and O–H groups in total. The molecule has 1 aromatic heterocycles. The third-order valence-electron chi connectivity index (χ3n) is 5.30. The number of amides is 2. The fourth-order valence-electron chi connectivity index (χ4n) is 3.79. The number of nitrogens with one attached hydrogen (secondary N) is 3. The fourth-order valence-corrected chi connectivity index (χ4v) is 3.79. The van der Waals surface area contributed by atoms with Crippen molar-refractivity contribution in [3.8, 4) is 0 Å². The number of hydrogen-bond donors (Lipinski definition) is 3. The zero-order chi connectivity index (χ0) is 20.2. The number of carbonyl (C=O) groups is 1. The summed E-state index contributed by atoms with van der Waals surface area (Å²) >= 11 is 0. The Bertz CT molecular complexity index is 1130. The summed E-state index contributed by atoms with van der Waals surface area (Å²) in [5.74, 6) is 0.0530. The monoisotopic (exact) mass is 383 g/mol. The maximum Gasteiger partial charge on any atom is 0.319 e. The van der Waals surface area contributed by atoms with Crippen molar-refractivity contribution < 1.29 is 4.79 Å². The van der Waals surface area contributed by atoms with Crippen molar-refractivity contribution in [2.24, 2.45) is 0 Å². The Balaban J connectivity index is 1.55. The molecule has 2 amide bonds. The van der Waals surface area contributed by atoms with Gasteiger partial charge in [0.25, 0.3) is 0 Å². The summed E-state index contributed by atoms with van der Waals surface area (Å²) in [4.78, 5) is 15.9. The molecule has 0 aliphatic rings. The maximum atomic E-state index is 12.6. The highest BCUT2D eigenvalue weighted by atomic mass is 16.2. The molecule has 0 bridgehead atoms. The first kappa shape index (κ1) is 18.8. The number of aromatic nitrogens is 1.